The number of imidazole rings is 1. The molecule has 1 N–H and O–H groups in total. The number of nitrogens with one attached hydrogen (secondary N) is 1. The molecule has 10 nitrogen and oxygen atoms in total. The molecular formula is C20H20N6O4S. The van der Waals surface area contributed by atoms with Crippen molar-refractivity contribution >= 4 is 21.6 Å². The number of benzene rings is 1. The smallest absolute Gasteiger partial charge is 0.277 e. The van der Waals surface area contributed by atoms with E-state index in [2.05, 4.69) is 15.5 Å². The van der Waals surface area contributed by atoms with E-state index in [0.29, 0.717) is 30.0 Å². The lowest BCUT2D eigenvalue weighted by Gasteiger charge is -2.32. The van der Waals surface area contributed by atoms with Gasteiger partial charge in [-0.3, -0.25) is 4.79 Å². The van der Waals surface area contributed by atoms with Gasteiger partial charge in [-0.05, 0) is 31.0 Å². The number of nitriles is 1. The number of carbonyl (C=O) groups is 1. The Morgan fingerprint density at radius 2 is 2.16 bits per heavy atom. The second kappa shape index (κ2) is 8.33. The average molecular weight is 440 g/mol. The third-order valence-electron chi connectivity index (χ3n) is 5.05. The van der Waals surface area contributed by atoms with Crippen molar-refractivity contribution in [1.29, 1.82) is 5.26 Å². The van der Waals surface area contributed by atoms with Crippen LogP contribution < -0.4 is 5.32 Å². The number of carbonyl (C=O) groups excluding carboxylic acids is 1. The lowest BCUT2D eigenvalue weighted by molar-refractivity contribution is 0.101. The predicted molar refractivity (Wildman–Crippen MR) is 109 cm³/mol. The van der Waals surface area contributed by atoms with Gasteiger partial charge in [0.2, 0.25) is 0 Å². The van der Waals surface area contributed by atoms with Crippen LogP contribution in [0.2, 0.25) is 0 Å². The summed E-state index contributed by atoms with van der Waals surface area (Å²) in [5, 5.41) is 15.4. The van der Waals surface area contributed by atoms with Gasteiger partial charge in [0.25, 0.3) is 15.9 Å². The number of rotatable bonds is 5. The molecule has 1 saturated heterocycles. The molecule has 0 radical (unpaired) electrons. The van der Waals surface area contributed by atoms with Gasteiger partial charge < -0.3 is 14.4 Å². The van der Waals surface area contributed by atoms with Gasteiger partial charge in [-0.1, -0.05) is 17.6 Å². The maximum atomic E-state index is 13.1. The minimum atomic E-state index is -3.82. The molecule has 11 heteroatoms. The van der Waals surface area contributed by atoms with Crippen molar-refractivity contribution < 1.29 is 17.7 Å². The third kappa shape index (κ3) is 4.21. The van der Waals surface area contributed by atoms with Gasteiger partial charge in [-0.15, -0.1) is 0 Å². The van der Waals surface area contributed by atoms with E-state index >= 15 is 0 Å². The van der Waals surface area contributed by atoms with Crippen molar-refractivity contribution in [3.63, 3.8) is 0 Å². The van der Waals surface area contributed by atoms with Crippen molar-refractivity contribution in [3.8, 4) is 6.07 Å². The highest BCUT2D eigenvalue weighted by Gasteiger charge is 2.38. The van der Waals surface area contributed by atoms with Gasteiger partial charge in [0.1, 0.15) is 0 Å². The van der Waals surface area contributed by atoms with Gasteiger partial charge >= 0.3 is 0 Å². The van der Waals surface area contributed by atoms with E-state index in [0.717, 1.165) is 12.8 Å². The summed E-state index contributed by atoms with van der Waals surface area (Å²) in [6.45, 7) is 0.326. The Labute approximate surface area is 179 Å². The van der Waals surface area contributed by atoms with E-state index in [4.69, 9.17) is 9.78 Å². The topological polar surface area (TPSA) is 134 Å². The highest BCUT2D eigenvalue weighted by molar-refractivity contribution is 7.89. The fourth-order valence-corrected chi connectivity index (χ4v) is 5.17. The summed E-state index contributed by atoms with van der Waals surface area (Å²) < 4.78 is 34.5. The Bertz CT molecular complexity index is 1260. The molecule has 160 valence electrons. The fourth-order valence-electron chi connectivity index (χ4n) is 3.53. The number of aryl methyl sites for hydroxylation is 1. The molecular weight excluding hydrogens is 420 g/mol. The van der Waals surface area contributed by atoms with Gasteiger partial charge in [0, 0.05) is 31.5 Å². The molecule has 1 fully saturated rings. The summed E-state index contributed by atoms with van der Waals surface area (Å²) in [5.41, 5.74) is 0.889. The molecule has 0 spiro atoms. The first-order valence-electron chi connectivity index (χ1n) is 9.66. The van der Waals surface area contributed by atoms with Crippen molar-refractivity contribution in [2.45, 2.75) is 30.3 Å². The van der Waals surface area contributed by atoms with Crippen LogP contribution in [0.3, 0.4) is 0 Å². The van der Waals surface area contributed by atoms with E-state index in [-0.39, 0.29) is 10.7 Å². The van der Waals surface area contributed by atoms with Crippen LogP contribution in [0.4, 0.5) is 5.69 Å². The zero-order valence-electron chi connectivity index (χ0n) is 16.7. The molecule has 1 aromatic carbocycles. The SMILES string of the molecule is Cn1cnc(S(=O)(=O)N2CCCCC2c2cc(C(=O)Nc3cccc(C#N)c3)no2)c1. The first-order valence-corrected chi connectivity index (χ1v) is 11.1. The standard InChI is InChI=1S/C20H20N6O4S/c1-25-12-19(22-13-25)31(28,29)26-8-3-2-7-17(26)18-10-16(24-30-18)20(27)23-15-6-4-5-14(9-15)11-21/h4-6,9-10,12-13,17H,2-3,7-8H2,1H3,(H,23,27). The Morgan fingerprint density at radius 1 is 1.32 bits per heavy atom. The summed E-state index contributed by atoms with van der Waals surface area (Å²) >= 11 is 0. The van der Waals surface area contributed by atoms with Crippen LogP contribution in [-0.2, 0) is 17.1 Å². The average Bonchev–Trinajstić information content (AvgIpc) is 3.44. The van der Waals surface area contributed by atoms with Crippen molar-refractivity contribution in [3.05, 3.63) is 59.9 Å². The Balaban J connectivity index is 1.56. The molecule has 3 heterocycles. The number of hydrogen-bond donors (Lipinski definition) is 1. The zero-order chi connectivity index (χ0) is 22.0. The summed E-state index contributed by atoms with van der Waals surface area (Å²) in [7, 11) is -2.12. The van der Waals surface area contributed by atoms with E-state index in [9.17, 15) is 13.2 Å². The molecule has 1 atom stereocenters. The number of nitrogens with zero attached hydrogens (tertiary/aromatic N) is 5. The van der Waals surface area contributed by atoms with Gasteiger partial charge in [-0.25, -0.2) is 13.4 Å². The molecule has 0 bridgehead atoms. The minimum Gasteiger partial charge on any atom is -0.359 e. The highest BCUT2D eigenvalue weighted by Crippen LogP contribution is 2.35. The highest BCUT2D eigenvalue weighted by atomic mass is 32.2. The molecule has 2 aromatic heterocycles. The molecule has 0 aliphatic carbocycles. The first kappa shape index (κ1) is 20.8. The first-order chi connectivity index (χ1) is 14.9. The van der Waals surface area contributed by atoms with Crippen molar-refractivity contribution in [1.82, 2.24) is 19.0 Å². The van der Waals surface area contributed by atoms with Crippen LogP contribution in [0, 0.1) is 11.3 Å². The van der Waals surface area contributed by atoms with Gasteiger partial charge in [-0.2, -0.15) is 9.57 Å². The zero-order valence-corrected chi connectivity index (χ0v) is 17.5. The second-order valence-corrected chi connectivity index (χ2v) is 9.10. The van der Waals surface area contributed by atoms with Crippen LogP contribution in [0.1, 0.15) is 47.1 Å². The Morgan fingerprint density at radius 3 is 2.90 bits per heavy atom. The molecule has 0 saturated carbocycles. The number of sulfonamides is 1. The van der Waals surface area contributed by atoms with Crippen LogP contribution in [0.25, 0.3) is 0 Å². The normalized spacial score (nSPS) is 17.2. The lowest BCUT2D eigenvalue weighted by atomic mass is 10.0. The molecule has 1 amide bonds. The Hall–Kier alpha value is -3.49. The number of piperidine rings is 1. The fraction of sp³-hybridized carbons (Fsp3) is 0.300. The van der Waals surface area contributed by atoms with Crippen LogP contribution in [0.15, 0.2) is 52.4 Å². The van der Waals surface area contributed by atoms with E-state index < -0.39 is 22.0 Å². The third-order valence-corrected chi connectivity index (χ3v) is 6.84. The Kier molecular flexibility index (Phi) is 5.58. The largest absolute Gasteiger partial charge is 0.359 e. The molecule has 31 heavy (non-hydrogen) atoms. The lowest BCUT2D eigenvalue weighted by Crippen LogP contribution is -2.38. The van der Waals surface area contributed by atoms with E-state index in [1.54, 1.807) is 35.9 Å². The molecule has 3 aromatic rings. The summed E-state index contributed by atoms with van der Waals surface area (Å²) in [6, 6.07) is 9.38. The number of anilines is 1. The van der Waals surface area contributed by atoms with Crippen LogP contribution in [0.5, 0.6) is 0 Å². The van der Waals surface area contributed by atoms with Crippen molar-refractivity contribution in [2.24, 2.45) is 7.05 Å². The monoisotopic (exact) mass is 440 g/mol. The maximum Gasteiger partial charge on any atom is 0.277 e. The molecule has 1 unspecified atom stereocenters. The van der Waals surface area contributed by atoms with Crippen LogP contribution >= 0.6 is 0 Å². The van der Waals surface area contributed by atoms with E-state index in [1.165, 1.54) is 22.9 Å². The molecule has 1 aliphatic rings. The second-order valence-electron chi connectivity index (χ2n) is 7.27. The van der Waals surface area contributed by atoms with Crippen LogP contribution in [-0.4, -0.2) is 39.9 Å². The number of hydrogen-bond acceptors (Lipinski definition) is 7. The molecule has 4 rings (SSSR count). The van der Waals surface area contributed by atoms with Gasteiger partial charge in [0.15, 0.2) is 16.5 Å². The predicted octanol–water partition coefficient (Wildman–Crippen LogP) is 2.45. The molecule has 1 aliphatic heterocycles. The quantitative estimate of drug-likeness (QED) is 0.644. The van der Waals surface area contributed by atoms with E-state index in [1.807, 2.05) is 6.07 Å². The minimum absolute atomic E-state index is 0.0260. The van der Waals surface area contributed by atoms with Crippen molar-refractivity contribution in [2.75, 3.05) is 11.9 Å². The summed E-state index contributed by atoms with van der Waals surface area (Å²) in [5.74, 6) is -0.213. The van der Waals surface area contributed by atoms with Gasteiger partial charge in [0.05, 0.1) is 24.0 Å². The number of aromatic nitrogens is 3. The summed E-state index contributed by atoms with van der Waals surface area (Å²) in [4.78, 5) is 16.5. The number of amides is 1. The summed E-state index contributed by atoms with van der Waals surface area (Å²) in [6.07, 6.45) is 4.98. The maximum absolute atomic E-state index is 13.1.